The third kappa shape index (κ3) is 5.10. The van der Waals surface area contributed by atoms with Crippen molar-refractivity contribution in [1.82, 2.24) is 19.4 Å². The minimum absolute atomic E-state index is 0.0170. The van der Waals surface area contributed by atoms with Gasteiger partial charge in [-0.1, -0.05) is 12.1 Å². The maximum atomic E-state index is 14.9. The second-order valence-corrected chi connectivity index (χ2v) is 10.9. The molecule has 0 radical (unpaired) electrons. The Hall–Kier alpha value is -2.82. The van der Waals surface area contributed by atoms with E-state index in [4.69, 9.17) is 4.74 Å². The Morgan fingerprint density at radius 1 is 1.20 bits per heavy atom. The molecule has 0 bridgehead atoms. The summed E-state index contributed by atoms with van der Waals surface area (Å²) in [5.74, 6) is -0.539. The number of fused-ring (bicyclic) bond motifs is 1. The third-order valence-corrected chi connectivity index (χ3v) is 8.25. The predicted molar refractivity (Wildman–Crippen MR) is 127 cm³/mol. The van der Waals surface area contributed by atoms with Crippen molar-refractivity contribution in [2.24, 2.45) is 7.05 Å². The first kappa shape index (κ1) is 23.9. The Kier molecular flexibility index (Phi) is 6.61. The second kappa shape index (κ2) is 9.67. The fourth-order valence-corrected chi connectivity index (χ4v) is 5.99. The fraction of sp³-hybridized carbons (Fsp3) is 0.400. The first-order valence-corrected chi connectivity index (χ1v) is 13.2. The van der Waals surface area contributed by atoms with Gasteiger partial charge < -0.3 is 4.74 Å². The molecule has 7 nitrogen and oxygen atoms in total. The van der Waals surface area contributed by atoms with Gasteiger partial charge in [-0.3, -0.25) is 9.58 Å². The molecule has 1 aliphatic carbocycles. The molecule has 2 aromatic carbocycles. The summed E-state index contributed by atoms with van der Waals surface area (Å²) in [7, 11) is -2.09. The minimum atomic E-state index is -3.72. The van der Waals surface area contributed by atoms with Gasteiger partial charge in [0.1, 0.15) is 17.3 Å². The second-order valence-electron chi connectivity index (χ2n) is 9.18. The molecule has 1 aromatic heterocycles. The molecule has 0 spiro atoms. The topological polar surface area (TPSA) is 76.5 Å². The van der Waals surface area contributed by atoms with Crippen molar-refractivity contribution < 1.29 is 21.9 Å². The normalized spacial score (nSPS) is 20.0. The highest BCUT2D eigenvalue weighted by Gasteiger charge is 2.39. The van der Waals surface area contributed by atoms with Crippen LogP contribution in [0.4, 0.5) is 8.78 Å². The molecule has 1 saturated heterocycles. The number of aryl methyl sites for hydroxylation is 1. The number of nitrogens with one attached hydrogen (secondary N) is 1. The molecule has 2 aliphatic rings. The summed E-state index contributed by atoms with van der Waals surface area (Å²) in [4.78, 5) is 2.47. The summed E-state index contributed by atoms with van der Waals surface area (Å²) in [6, 6.07) is 10.1. The number of benzene rings is 2. The number of likely N-dealkylation sites (tertiary alicyclic amines) is 1. The average molecular weight is 503 g/mol. The number of hydrogen-bond acceptors (Lipinski definition) is 5. The van der Waals surface area contributed by atoms with E-state index in [0.29, 0.717) is 6.42 Å². The first-order chi connectivity index (χ1) is 16.8. The van der Waals surface area contributed by atoms with Crippen molar-refractivity contribution >= 4 is 10.0 Å². The highest BCUT2D eigenvalue weighted by atomic mass is 32.2. The number of nitrogens with zero attached hydrogens (tertiary/aromatic N) is 3. The van der Waals surface area contributed by atoms with E-state index in [-0.39, 0.29) is 41.6 Å². The Morgan fingerprint density at radius 2 is 2.03 bits per heavy atom. The van der Waals surface area contributed by atoms with Crippen molar-refractivity contribution in [2.75, 3.05) is 26.2 Å². The molecule has 10 heteroatoms. The maximum Gasteiger partial charge on any atom is 0.243 e. The molecule has 1 aliphatic heterocycles. The van der Waals surface area contributed by atoms with Gasteiger partial charge >= 0.3 is 0 Å². The van der Waals surface area contributed by atoms with E-state index in [9.17, 15) is 17.2 Å². The summed E-state index contributed by atoms with van der Waals surface area (Å²) in [5.41, 5.74) is 2.87. The zero-order valence-corrected chi connectivity index (χ0v) is 20.3. The van der Waals surface area contributed by atoms with Crippen LogP contribution in [0.2, 0.25) is 0 Å². The molecule has 0 amide bonds. The van der Waals surface area contributed by atoms with Gasteiger partial charge in [0.05, 0.1) is 6.20 Å². The molecule has 2 heterocycles. The highest BCUT2D eigenvalue weighted by Crippen LogP contribution is 2.42. The molecular weight excluding hydrogens is 474 g/mol. The van der Waals surface area contributed by atoms with Crippen LogP contribution < -0.4 is 9.46 Å². The zero-order valence-electron chi connectivity index (χ0n) is 19.5. The van der Waals surface area contributed by atoms with Gasteiger partial charge in [0.25, 0.3) is 0 Å². The number of hydrogen-bond donors (Lipinski definition) is 1. The Labute approximate surface area is 203 Å². The van der Waals surface area contributed by atoms with Crippen molar-refractivity contribution in [3.8, 4) is 5.75 Å². The summed E-state index contributed by atoms with van der Waals surface area (Å²) in [6.07, 6.45) is 5.21. The van der Waals surface area contributed by atoms with E-state index < -0.39 is 15.8 Å². The van der Waals surface area contributed by atoms with Crippen LogP contribution in [0.15, 0.2) is 53.7 Å². The van der Waals surface area contributed by atoms with Gasteiger partial charge in [-0.2, -0.15) is 5.10 Å². The molecule has 2 unspecified atom stereocenters. The van der Waals surface area contributed by atoms with E-state index in [1.165, 1.54) is 29.2 Å². The van der Waals surface area contributed by atoms with E-state index in [0.717, 1.165) is 42.6 Å². The lowest BCUT2D eigenvalue weighted by atomic mass is 9.89. The molecule has 3 aromatic rings. The van der Waals surface area contributed by atoms with E-state index in [1.807, 2.05) is 6.07 Å². The number of sulfonamides is 1. The zero-order chi connectivity index (χ0) is 24.6. The van der Waals surface area contributed by atoms with Crippen LogP contribution in [0, 0.1) is 11.6 Å². The SMILES string of the molecule is Cn1cc(S(=O)(=O)NCCOc2cc3c(cc2F)CC(N2CCC2)C3Cc2cccc(F)c2)cn1. The smallest absolute Gasteiger partial charge is 0.243 e. The summed E-state index contributed by atoms with van der Waals surface area (Å²) in [6.45, 7) is 1.98. The monoisotopic (exact) mass is 502 g/mol. The van der Waals surface area contributed by atoms with Crippen molar-refractivity contribution in [2.45, 2.75) is 36.1 Å². The minimum Gasteiger partial charge on any atom is -0.489 e. The fourth-order valence-electron chi connectivity index (χ4n) is 5.00. The van der Waals surface area contributed by atoms with Crippen LogP contribution in [-0.4, -0.2) is 55.4 Å². The van der Waals surface area contributed by atoms with Crippen LogP contribution in [0.5, 0.6) is 5.75 Å². The van der Waals surface area contributed by atoms with Gasteiger partial charge in [0.2, 0.25) is 10.0 Å². The lowest BCUT2D eigenvalue weighted by Gasteiger charge is -2.39. The Morgan fingerprint density at radius 3 is 2.71 bits per heavy atom. The number of rotatable bonds is 9. The van der Waals surface area contributed by atoms with Crippen LogP contribution >= 0.6 is 0 Å². The van der Waals surface area contributed by atoms with Gasteiger partial charge in [0, 0.05) is 31.7 Å². The summed E-state index contributed by atoms with van der Waals surface area (Å²) < 4.78 is 62.8. The largest absolute Gasteiger partial charge is 0.489 e. The molecule has 35 heavy (non-hydrogen) atoms. The predicted octanol–water partition coefficient (Wildman–Crippen LogP) is 3.01. The summed E-state index contributed by atoms with van der Waals surface area (Å²) >= 11 is 0. The van der Waals surface area contributed by atoms with E-state index >= 15 is 0 Å². The van der Waals surface area contributed by atoms with Gasteiger partial charge in [0.15, 0.2) is 11.6 Å². The van der Waals surface area contributed by atoms with Crippen molar-refractivity contribution in [1.29, 1.82) is 0 Å². The quantitative estimate of drug-likeness (QED) is 0.456. The molecule has 1 N–H and O–H groups in total. The van der Waals surface area contributed by atoms with Gasteiger partial charge in [-0.15, -0.1) is 0 Å². The lowest BCUT2D eigenvalue weighted by molar-refractivity contribution is 0.106. The van der Waals surface area contributed by atoms with E-state index in [2.05, 4.69) is 14.7 Å². The van der Waals surface area contributed by atoms with Gasteiger partial charge in [-0.05, 0) is 73.3 Å². The van der Waals surface area contributed by atoms with Crippen LogP contribution in [0.25, 0.3) is 0 Å². The summed E-state index contributed by atoms with van der Waals surface area (Å²) in [5, 5.41) is 3.87. The van der Waals surface area contributed by atoms with Crippen LogP contribution in [0.3, 0.4) is 0 Å². The molecule has 0 saturated carbocycles. The van der Waals surface area contributed by atoms with E-state index in [1.54, 1.807) is 25.2 Å². The lowest BCUT2D eigenvalue weighted by Crippen LogP contribution is -2.47. The maximum absolute atomic E-state index is 14.9. The molecule has 1 fully saturated rings. The molecular formula is C25H28F2N4O3S. The van der Waals surface area contributed by atoms with Gasteiger partial charge in [-0.25, -0.2) is 21.9 Å². The van der Waals surface area contributed by atoms with Crippen LogP contribution in [-0.2, 0) is 29.9 Å². The first-order valence-electron chi connectivity index (χ1n) is 11.7. The number of aromatic nitrogens is 2. The molecule has 5 rings (SSSR count). The Balaban J connectivity index is 1.30. The number of halogens is 2. The third-order valence-electron chi connectivity index (χ3n) is 6.83. The van der Waals surface area contributed by atoms with Crippen molar-refractivity contribution in [3.63, 3.8) is 0 Å². The standard InChI is InChI=1S/C25H28F2N4O3S/c1-30-16-20(15-28-30)35(32,33)29-6-9-34-25-14-21-18(12-23(25)27)13-24(31-7-3-8-31)22(21)11-17-4-2-5-19(26)10-17/h2,4-5,10,12,14-16,22,24,29H,3,6-9,11,13H2,1H3. The molecule has 2 atom stereocenters. The average Bonchev–Trinajstić information content (AvgIpc) is 3.35. The Bertz CT molecular complexity index is 1320. The number of ether oxygens (including phenoxy) is 1. The highest BCUT2D eigenvalue weighted by molar-refractivity contribution is 7.89. The van der Waals surface area contributed by atoms with Crippen molar-refractivity contribution in [3.05, 3.63) is 77.1 Å². The molecule has 186 valence electrons. The van der Waals surface area contributed by atoms with Crippen LogP contribution in [0.1, 0.15) is 29.0 Å².